The lowest BCUT2D eigenvalue weighted by atomic mass is 9.89. The molecule has 2 aliphatic carbocycles. The molecule has 58 valence electrons. The quantitative estimate of drug-likeness (QED) is 0.533. The number of hydrogen-bond donors (Lipinski definition) is 0. The first-order valence-corrected chi connectivity index (χ1v) is 3.79. The maximum absolute atomic E-state index is 12.7. The van der Waals surface area contributed by atoms with Crippen LogP contribution in [0.1, 0.15) is 33.1 Å². The standard InChI is InChI=1S/C8H12F2/c1-6(3-4-6)7(2)5-8(7,9)10/h3-5H2,1-2H3. The van der Waals surface area contributed by atoms with Crippen molar-refractivity contribution in [3.8, 4) is 0 Å². The van der Waals surface area contributed by atoms with Crippen LogP contribution in [0.4, 0.5) is 8.78 Å². The van der Waals surface area contributed by atoms with Gasteiger partial charge in [0.25, 0.3) is 5.92 Å². The first-order chi connectivity index (χ1) is 4.41. The maximum Gasteiger partial charge on any atom is 0.254 e. The first-order valence-electron chi connectivity index (χ1n) is 3.79. The van der Waals surface area contributed by atoms with E-state index in [1.54, 1.807) is 6.92 Å². The highest BCUT2D eigenvalue weighted by atomic mass is 19.3. The zero-order valence-electron chi connectivity index (χ0n) is 6.38. The minimum atomic E-state index is -2.35. The normalized spacial score (nSPS) is 46.8. The molecule has 0 aromatic heterocycles. The molecule has 0 spiro atoms. The van der Waals surface area contributed by atoms with Crippen LogP contribution in [0, 0.1) is 10.8 Å². The molecule has 0 aliphatic heterocycles. The van der Waals surface area contributed by atoms with Crippen molar-refractivity contribution in [1.29, 1.82) is 0 Å². The van der Waals surface area contributed by atoms with Crippen molar-refractivity contribution in [2.24, 2.45) is 10.8 Å². The van der Waals surface area contributed by atoms with Gasteiger partial charge in [0.1, 0.15) is 0 Å². The van der Waals surface area contributed by atoms with Crippen molar-refractivity contribution in [3.63, 3.8) is 0 Å². The van der Waals surface area contributed by atoms with Gasteiger partial charge in [-0.2, -0.15) is 0 Å². The highest BCUT2D eigenvalue weighted by Gasteiger charge is 2.77. The van der Waals surface area contributed by atoms with E-state index in [4.69, 9.17) is 0 Å². The minimum absolute atomic E-state index is 0.0174. The van der Waals surface area contributed by atoms with E-state index in [0.717, 1.165) is 12.8 Å². The summed E-state index contributed by atoms with van der Waals surface area (Å²) in [4.78, 5) is 0. The summed E-state index contributed by atoms with van der Waals surface area (Å²) < 4.78 is 25.4. The Morgan fingerprint density at radius 1 is 1.10 bits per heavy atom. The van der Waals surface area contributed by atoms with Crippen LogP contribution in [0.15, 0.2) is 0 Å². The van der Waals surface area contributed by atoms with Crippen molar-refractivity contribution in [1.82, 2.24) is 0 Å². The largest absolute Gasteiger partial charge is 0.254 e. The maximum atomic E-state index is 12.7. The molecule has 1 unspecified atom stereocenters. The summed E-state index contributed by atoms with van der Waals surface area (Å²) in [6, 6.07) is 0. The van der Waals surface area contributed by atoms with Crippen LogP contribution in [0.3, 0.4) is 0 Å². The van der Waals surface area contributed by atoms with Gasteiger partial charge in [0.15, 0.2) is 0 Å². The van der Waals surface area contributed by atoms with Crippen LogP contribution in [0.5, 0.6) is 0 Å². The number of rotatable bonds is 1. The van der Waals surface area contributed by atoms with E-state index < -0.39 is 11.3 Å². The molecular formula is C8H12F2. The second-order valence-electron chi connectivity index (χ2n) is 4.27. The molecule has 0 N–H and O–H groups in total. The molecule has 0 radical (unpaired) electrons. The average Bonchev–Trinajstić information content (AvgIpc) is 2.56. The molecule has 2 rings (SSSR count). The summed E-state index contributed by atoms with van der Waals surface area (Å²) in [5, 5.41) is 0. The first kappa shape index (κ1) is 6.56. The van der Waals surface area contributed by atoms with Crippen LogP contribution in [-0.2, 0) is 0 Å². The molecule has 2 fully saturated rings. The topological polar surface area (TPSA) is 0 Å². The monoisotopic (exact) mass is 146 g/mol. The average molecular weight is 146 g/mol. The smallest absolute Gasteiger partial charge is 0.206 e. The molecule has 2 saturated carbocycles. The Morgan fingerprint density at radius 2 is 1.50 bits per heavy atom. The van der Waals surface area contributed by atoms with Gasteiger partial charge in [-0.3, -0.25) is 0 Å². The van der Waals surface area contributed by atoms with Gasteiger partial charge in [-0.05, 0) is 18.3 Å². The van der Waals surface area contributed by atoms with Crippen molar-refractivity contribution in [2.75, 3.05) is 0 Å². The molecule has 0 aromatic rings. The highest BCUT2D eigenvalue weighted by Crippen LogP contribution is 2.76. The van der Waals surface area contributed by atoms with Crippen molar-refractivity contribution in [3.05, 3.63) is 0 Å². The predicted molar refractivity (Wildman–Crippen MR) is 35.0 cm³/mol. The van der Waals surface area contributed by atoms with Gasteiger partial charge in [-0.1, -0.05) is 13.8 Å². The van der Waals surface area contributed by atoms with Crippen molar-refractivity contribution >= 4 is 0 Å². The lowest BCUT2D eigenvalue weighted by Gasteiger charge is -2.17. The lowest BCUT2D eigenvalue weighted by molar-refractivity contribution is 0.0434. The van der Waals surface area contributed by atoms with Gasteiger partial charge in [0, 0.05) is 11.8 Å². The van der Waals surface area contributed by atoms with Crippen LogP contribution in [0.25, 0.3) is 0 Å². The molecule has 1 atom stereocenters. The second-order valence-corrected chi connectivity index (χ2v) is 4.27. The number of alkyl halides is 2. The molecule has 0 saturated heterocycles. The van der Waals surface area contributed by atoms with Crippen LogP contribution in [0.2, 0.25) is 0 Å². The molecular weight excluding hydrogens is 134 g/mol. The van der Waals surface area contributed by atoms with E-state index in [9.17, 15) is 8.78 Å². The second kappa shape index (κ2) is 1.26. The van der Waals surface area contributed by atoms with Crippen LogP contribution >= 0.6 is 0 Å². The molecule has 2 aliphatic rings. The Morgan fingerprint density at radius 3 is 1.60 bits per heavy atom. The molecule has 0 nitrogen and oxygen atoms in total. The molecule has 0 amide bonds. The van der Waals surface area contributed by atoms with E-state index in [2.05, 4.69) is 0 Å². The third-order valence-electron chi connectivity index (χ3n) is 3.59. The Hall–Kier alpha value is -0.140. The van der Waals surface area contributed by atoms with Gasteiger partial charge in [-0.25, -0.2) is 8.78 Å². The fourth-order valence-electron chi connectivity index (χ4n) is 1.79. The summed E-state index contributed by atoms with van der Waals surface area (Å²) in [5.74, 6) is -2.35. The van der Waals surface area contributed by atoms with E-state index in [-0.39, 0.29) is 11.8 Å². The fourth-order valence-corrected chi connectivity index (χ4v) is 1.79. The molecule has 0 aromatic carbocycles. The molecule has 0 heterocycles. The molecule has 0 bridgehead atoms. The van der Waals surface area contributed by atoms with Crippen LogP contribution in [-0.4, -0.2) is 5.92 Å². The van der Waals surface area contributed by atoms with E-state index in [1.807, 2.05) is 6.92 Å². The lowest BCUT2D eigenvalue weighted by Crippen LogP contribution is -2.17. The number of hydrogen-bond acceptors (Lipinski definition) is 0. The van der Waals surface area contributed by atoms with Crippen LogP contribution < -0.4 is 0 Å². The van der Waals surface area contributed by atoms with E-state index in [0.29, 0.717) is 0 Å². The van der Waals surface area contributed by atoms with Gasteiger partial charge in [0.2, 0.25) is 0 Å². The Bertz CT molecular complexity index is 182. The van der Waals surface area contributed by atoms with Gasteiger partial charge >= 0.3 is 0 Å². The Kier molecular flexibility index (Phi) is 0.826. The summed E-state index contributed by atoms with van der Waals surface area (Å²) in [6.07, 6.45) is 2.12. The third kappa shape index (κ3) is 0.513. The van der Waals surface area contributed by atoms with E-state index in [1.165, 1.54) is 0 Å². The zero-order chi connectivity index (χ0) is 7.62. The summed E-state index contributed by atoms with van der Waals surface area (Å²) >= 11 is 0. The van der Waals surface area contributed by atoms with Gasteiger partial charge in [-0.15, -0.1) is 0 Å². The minimum Gasteiger partial charge on any atom is -0.206 e. The van der Waals surface area contributed by atoms with E-state index >= 15 is 0 Å². The summed E-state index contributed by atoms with van der Waals surface area (Å²) in [7, 11) is 0. The third-order valence-corrected chi connectivity index (χ3v) is 3.59. The predicted octanol–water partition coefficient (Wildman–Crippen LogP) is 2.83. The Balaban J connectivity index is 2.20. The van der Waals surface area contributed by atoms with Gasteiger partial charge < -0.3 is 0 Å². The zero-order valence-corrected chi connectivity index (χ0v) is 6.38. The fraction of sp³-hybridized carbons (Fsp3) is 1.00. The Labute approximate surface area is 59.6 Å². The van der Waals surface area contributed by atoms with Crippen molar-refractivity contribution < 1.29 is 8.78 Å². The highest BCUT2D eigenvalue weighted by molar-refractivity contribution is 5.19. The van der Waals surface area contributed by atoms with Crippen molar-refractivity contribution in [2.45, 2.75) is 39.0 Å². The molecule has 10 heavy (non-hydrogen) atoms. The summed E-state index contributed by atoms with van der Waals surface area (Å²) in [6.45, 7) is 3.70. The van der Waals surface area contributed by atoms with Gasteiger partial charge in [0.05, 0.1) is 0 Å². The number of halogens is 2. The molecule has 2 heteroatoms. The summed E-state index contributed by atoms with van der Waals surface area (Å²) in [5.41, 5.74) is -0.656. The SMILES string of the molecule is CC1(C2(C)CC2(F)F)CC1.